The van der Waals surface area contributed by atoms with E-state index in [4.69, 9.17) is 9.15 Å². The second-order valence-corrected chi connectivity index (χ2v) is 7.27. The zero-order valence-corrected chi connectivity index (χ0v) is 15.5. The van der Waals surface area contributed by atoms with E-state index in [1.807, 2.05) is 19.3 Å². The summed E-state index contributed by atoms with van der Waals surface area (Å²) < 4.78 is 11.2. The minimum Gasteiger partial charge on any atom is -0.423 e. The minimum atomic E-state index is 0.269. The Morgan fingerprint density at radius 2 is 1.92 bits per heavy atom. The lowest BCUT2D eigenvalue weighted by Crippen LogP contribution is -2.43. The molecule has 0 radical (unpaired) electrons. The Morgan fingerprint density at radius 1 is 1.15 bits per heavy atom. The van der Waals surface area contributed by atoms with Crippen molar-refractivity contribution in [1.82, 2.24) is 25.1 Å². The third kappa shape index (κ3) is 3.86. The van der Waals surface area contributed by atoms with Crippen LogP contribution in [0.25, 0.3) is 0 Å². The Hall–Kier alpha value is -2.06. The molecule has 2 fully saturated rings. The maximum atomic E-state index is 5.85. The topological polar surface area (TPSA) is 80.4 Å². The van der Waals surface area contributed by atoms with Gasteiger partial charge in [0.2, 0.25) is 17.7 Å². The highest BCUT2D eigenvalue weighted by Crippen LogP contribution is 2.25. The number of piperidine rings is 1. The van der Waals surface area contributed by atoms with Gasteiger partial charge in [0.15, 0.2) is 0 Å². The summed E-state index contributed by atoms with van der Waals surface area (Å²) >= 11 is 0. The van der Waals surface area contributed by atoms with Gasteiger partial charge in [-0.2, -0.15) is 0 Å². The van der Waals surface area contributed by atoms with Crippen molar-refractivity contribution in [3.8, 4) is 0 Å². The van der Waals surface area contributed by atoms with Crippen molar-refractivity contribution in [2.75, 3.05) is 38.3 Å². The quantitative estimate of drug-likeness (QED) is 0.800. The largest absolute Gasteiger partial charge is 0.423 e. The molecular formula is C18H26N6O2. The highest BCUT2D eigenvalue weighted by Gasteiger charge is 2.27. The van der Waals surface area contributed by atoms with Gasteiger partial charge in [0.1, 0.15) is 0 Å². The van der Waals surface area contributed by atoms with E-state index in [1.165, 1.54) is 0 Å². The van der Waals surface area contributed by atoms with E-state index in [-0.39, 0.29) is 5.92 Å². The van der Waals surface area contributed by atoms with Crippen molar-refractivity contribution in [2.24, 2.45) is 0 Å². The molecule has 0 aliphatic carbocycles. The number of aromatic nitrogens is 4. The molecule has 2 aliphatic rings. The van der Waals surface area contributed by atoms with Gasteiger partial charge in [-0.3, -0.25) is 4.90 Å². The number of nitrogens with zero attached hydrogens (tertiary/aromatic N) is 6. The second kappa shape index (κ2) is 7.67. The van der Waals surface area contributed by atoms with E-state index in [0.717, 1.165) is 62.9 Å². The van der Waals surface area contributed by atoms with Crippen LogP contribution in [-0.4, -0.2) is 64.5 Å². The number of hydrogen-bond donors (Lipinski definition) is 0. The maximum absolute atomic E-state index is 5.85. The van der Waals surface area contributed by atoms with Crippen molar-refractivity contribution < 1.29 is 9.15 Å². The number of rotatable bonds is 5. The SMILES string of the molecule is Cc1cnc(N(C)C2CCN(Cc3nnc(C4CCOC4)o3)CC2)nc1. The lowest BCUT2D eigenvalue weighted by Gasteiger charge is -2.36. The molecule has 140 valence electrons. The Bertz CT molecular complexity index is 705. The van der Waals surface area contributed by atoms with Crippen LogP contribution >= 0.6 is 0 Å². The van der Waals surface area contributed by atoms with E-state index in [0.29, 0.717) is 18.5 Å². The van der Waals surface area contributed by atoms with Gasteiger partial charge in [0.05, 0.1) is 19.1 Å². The first-order chi connectivity index (χ1) is 12.7. The van der Waals surface area contributed by atoms with Gasteiger partial charge in [-0.05, 0) is 31.7 Å². The summed E-state index contributed by atoms with van der Waals surface area (Å²) in [7, 11) is 2.08. The first kappa shape index (κ1) is 17.4. The fourth-order valence-electron chi connectivity index (χ4n) is 3.61. The van der Waals surface area contributed by atoms with Gasteiger partial charge < -0.3 is 14.1 Å². The number of hydrogen-bond acceptors (Lipinski definition) is 8. The highest BCUT2D eigenvalue weighted by molar-refractivity contribution is 5.30. The van der Waals surface area contributed by atoms with Crippen LogP contribution in [0.3, 0.4) is 0 Å². The predicted octanol–water partition coefficient (Wildman–Crippen LogP) is 1.77. The molecule has 0 amide bonds. The van der Waals surface area contributed by atoms with E-state index in [2.05, 4.69) is 37.0 Å². The summed E-state index contributed by atoms with van der Waals surface area (Å²) in [6.07, 6.45) is 6.86. The predicted molar refractivity (Wildman–Crippen MR) is 95.9 cm³/mol. The normalized spacial score (nSPS) is 22.0. The molecular weight excluding hydrogens is 332 g/mol. The third-order valence-corrected chi connectivity index (χ3v) is 5.31. The molecule has 2 aromatic heterocycles. The molecule has 8 heteroatoms. The molecule has 0 saturated carbocycles. The van der Waals surface area contributed by atoms with Crippen LogP contribution in [0, 0.1) is 6.92 Å². The van der Waals surface area contributed by atoms with Crippen LogP contribution < -0.4 is 4.90 Å². The molecule has 0 N–H and O–H groups in total. The standard InChI is InChI=1S/C18H26N6O2/c1-13-9-19-18(20-10-13)23(2)15-3-6-24(7-4-15)11-16-21-22-17(26-16)14-5-8-25-12-14/h9-10,14-15H,3-8,11-12H2,1-2H3. The Kier molecular flexibility index (Phi) is 5.12. The van der Waals surface area contributed by atoms with Crippen LogP contribution in [0.5, 0.6) is 0 Å². The zero-order chi connectivity index (χ0) is 17.9. The monoisotopic (exact) mass is 358 g/mol. The molecule has 1 atom stereocenters. The second-order valence-electron chi connectivity index (χ2n) is 7.27. The Morgan fingerprint density at radius 3 is 2.62 bits per heavy atom. The summed E-state index contributed by atoms with van der Waals surface area (Å²) in [6.45, 7) is 6.22. The molecule has 4 rings (SSSR count). The van der Waals surface area contributed by atoms with Gasteiger partial charge in [-0.25, -0.2) is 9.97 Å². The van der Waals surface area contributed by atoms with Crippen molar-refractivity contribution in [1.29, 1.82) is 0 Å². The van der Waals surface area contributed by atoms with E-state index in [9.17, 15) is 0 Å². The van der Waals surface area contributed by atoms with E-state index < -0.39 is 0 Å². The minimum absolute atomic E-state index is 0.269. The van der Waals surface area contributed by atoms with Crippen LogP contribution in [0.1, 0.15) is 42.5 Å². The number of likely N-dealkylation sites (tertiary alicyclic amines) is 1. The fourth-order valence-corrected chi connectivity index (χ4v) is 3.61. The van der Waals surface area contributed by atoms with Crippen molar-refractivity contribution in [2.45, 2.75) is 44.7 Å². The van der Waals surface area contributed by atoms with Gasteiger partial charge in [-0.15, -0.1) is 10.2 Å². The third-order valence-electron chi connectivity index (χ3n) is 5.31. The summed E-state index contributed by atoms with van der Waals surface area (Å²) in [5.74, 6) is 2.50. The van der Waals surface area contributed by atoms with Crippen molar-refractivity contribution in [3.05, 3.63) is 29.7 Å². The lowest BCUT2D eigenvalue weighted by atomic mass is 10.0. The average Bonchev–Trinajstić information content (AvgIpc) is 3.34. The molecule has 0 spiro atoms. The average molecular weight is 358 g/mol. The van der Waals surface area contributed by atoms with Gasteiger partial charge in [0.25, 0.3) is 0 Å². The van der Waals surface area contributed by atoms with Crippen molar-refractivity contribution >= 4 is 5.95 Å². The van der Waals surface area contributed by atoms with Gasteiger partial charge in [0, 0.05) is 45.2 Å². The number of anilines is 1. The molecule has 8 nitrogen and oxygen atoms in total. The Labute approximate surface area is 153 Å². The summed E-state index contributed by atoms with van der Waals surface area (Å²) in [6, 6.07) is 0.461. The molecule has 2 aromatic rings. The summed E-state index contributed by atoms with van der Waals surface area (Å²) in [5, 5.41) is 8.43. The van der Waals surface area contributed by atoms with Crippen LogP contribution in [0.2, 0.25) is 0 Å². The summed E-state index contributed by atoms with van der Waals surface area (Å²) in [4.78, 5) is 13.5. The van der Waals surface area contributed by atoms with Crippen molar-refractivity contribution in [3.63, 3.8) is 0 Å². The van der Waals surface area contributed by atoms with Crippen LogP contribution in [-0.2, 0) is 11.3 Å². The fraction of sp³-hybridized carbons (Fsp3) is 0.667. The molecule has 1 unspecified atom stereocenters. The highest BCUT2D eigenvalue weighted by atomic mass is 16.5. The number of ether oxygens (including phenoxy) is 1. The van der Waals surface area contributed by atoms with Gasteiger partial charge in [-0.1, -0.05) is 0 Å². The van der Waals surface area contributed by atoms with E-state index in [1.54, 1.807) is 0 Å². The first-order valence-corrected chi connectivity index (χ1v) is 9.33. The lowest BCUT2D eigenvalue weighted by molar-refractivity contribution is 0.180. The summed E-state index contributed by atoms with van der Waals surface area (Å²) in [5.41, 5.74) is 1.08. The molecule has 26 heavy (non-hydrogen) atoms. The zero-order valence-electron chi connectivity index (χ0n) is 15.5. The smallest absolute Gasteiger partial charge is 0.230 e. The molecule has 0 bridgehead atoms. The van der Waals surface area contributed by atoms with E-state index >= 15 is 0 Å². The maximum Gasteiger partial charge on any atom is 0.230 e. The molecule has 4 heterocycles. The van der Waals surface area contributed by atoms with Crippen LogP contribution in [0.4, 0.5) is 5.95 Å². The molecule has 2 saturated heterocycles. The first-order valence-electron chi connectivity index (χ1n) is 9.33. The van der Waals surface area contributed by atoms with Crippen LogP contribution in [0.15, 0.2) is 16.8 Å². The Balaban J connectivity index is 1.29. The van der Waals surface area contributed by atoms with Gasteiger partial charge >= 0.3 is 0 Å². The molecule has 2 aliphatic heterocycles. The number of aryl methyl sites for hydroxylation is 1. The molecule has 0 aromatic carbocycles.